The maximum Gasteiger partial charge on any atom is 0.330 e. The number of H-pyrrole nitrogens is 2. The molecule has 2 rings (SSSR count). The van der Waals surface area contributed by atoms with Gasteiger partial charge in [0.05, 0.1) is 12.7 Å². The lowest BCUT2D eigenvalue weighted by Crippen LogP contribution is -2.26. The number of aromatic nitrogens is 2. The van der Waals surface area contributed by atoms with E-state index < -0.39 is 17.2 Å². The van der Waals surface area contributed by atoms with Crippen molar-refractivity contribution in [1.29, 1.82) is 0 Å². The molecule has 7 nitrogen and oxygen atoms in total. The van der Waals surface area contributed by atoms with Crippen molar-refractivity contribution in [2.45, 2.75) is 26.7 Å². The van der Waals surface area contributed by atoms with Crippen LogP contribution in [0.3, 0.4) is 0 Å². The molecule has 1 heterocycles. The number of aromatic amines is 2. The predicted octanol–water partition coefficient (Wildman–Crippen LogP) is 2.47. The Morgan fingerprint density at radius 2 is 1.92 bits per heavy atom. The lowest BCUT2D eigenvalue weighted by Gasteiger charge is -2.13. The number of carbonyl (C=O) groups is 1. The number of hydrogen-bond donors (Lipinski definition) is 2. The largest absolute Gasteiger partial charge is 0.466 e. The van der Waals surface area contributed by atoms with E-state index in [1.54, 1.807) is 18.2 Å². The van der Waals surface area contributed by atoms with Crippen molar-refractivity contribution in [3.05, 3.63) is 61.8 Å². The van der Waals surface area contributed by atoms with Crippen LogP contribution in [0, 0.1) is 6.92 Å². The van der Waals surface area contributed by atoms with E-state index in [0.29, 0.717) is 11.3 Å². The molecule has 0 unspecified atom stereocenters. The Bertz CT molecular complexity index is 922. The predicted molar refractivity (Wildman–Crippen MR) is 94.1 cm³/mol. The number of hydrogen-bond acceptors (Lipinski definition) is 5. The summed E-state index contributed by atoms with van der Waals surface area (Å²) in [5, 5.41) is 0. The monoisotopic (exact) mass is 344 g/mol. The summed E-state index contributed by atoms with van der Waals surface area (Å²) in [5.41, 5.74) is 0.846. The van der Waals surface area contributed by atoms with Crippen LogP contribution in [-0.4, -0.2) is 23.0 Å². The normalized spacial score (nSPS) is 11.1. The molecule has 0 atom stereocenters. The average molecular weight is 344 g/mol. The molecule has 0 saturated heterocycles. The zero-order valence-corrected chi connectivity index (χ0v) is 14.5. The first-order valence-electron chi connectivity index (χ1n) is 7.73. The van der Waals surface area contributed by atoms with Crippen molar-refractivity contribution < 1.29 is 14.3 Å². The molecule has 2 N–H and O–H groups in total. The van der Waals surface area contributed by atoms with E-state index in [4.69, 9.17) is 4.74 Å². The fraction of sp³-hybridized carbons (Fsp3) is 0.278. The Morgan fingerprint density at radius 1 is 1.20 bits per heavy atom. The molecule has 0 aliphatic rings. The van der Waals surface area contributed by atoms with Crippen molar-refractivity contribution in [2.75, 3.05) is 7.11 Å². The SMILES string of the molecule is COC(=O)/C=C/c1ccc(Oc2[nH]c(=O)[nH]c(=O)c2C(C)C)c(C)c1. The third-order valence-electron chi connectivity index (χ3n) is 3.54. The molecule has 0 radical (unpaired) electrons. The molecular formula is C18H20N2O5. The van der Waals surface area contributed by atoms with Gasteiger partial charge in [-0.15, -0.1) is 0 Å². The highest BCUT2D eigenvalue weighted by atomic mass is 16.5. The van der Waals surface area contributed by atoms with E-state index in [1.807, 2.05) is 26.8 Å². The smallest absolute Gasteiger partial charge is 0.330 e. The van der Waals surface area contributed by atoms with Crippen LogP contribution in [0.4, 0.5) is 0 Å². The molecule has 0 aliphatic carbocycles. The van der Waals surface area contributed by atoms with Crippen molar-refractivity contribution in [3.8, 4) is 11.6 Å². The Labute approximate surface area is 144 Å². The maximum absolute atomic E-state index is 12.0. The van der Waals surface area contributed by atoms with Crippen LogP contribution >= 0.6 is 0 Å². The van der Waals surface area contributed by atoms with Crippen LogP contribution < -0.4 is 16.0 Å². The molecule has 0 bridgehead atoms. The van der Waals surface area contributed by atoms with Crippen molar-refractivity contribution in [3.63, 3.8) is 0 Å². The second kappa shape index (κ2) is 7.65. The first-order chi connectivity index (χ1) is 11.8. The van der Waals surface area contributed by atoms with Gasteiger partial charge < -0.3 is 9.47 Å². The molecule has 132 valence electrons. The van der Waals surface area contributed by atoms with E-state index in [9.17, 15) is 14.4 Å². The van der Waals surface area contributed by atoms with E-state index in [2.05, 4.69) is 14.7 Å². The van der Waals surface area contributed by atoms with Crippen molar-refractivity contribution in [1.82, 2.24) is 9.97 Å². The molecule has 0 aliphatic heterocycles. The average Bonchev–Trinajstić information content (AvgIpc) is 2.53. The van der Waals surface area contributed by atoms with Crippen molar-refractivity contribution >= 4 is 12.0 Å². The molecule has 0 spiro atoms. The molecule has 25 heavy (non-hydrogen) atoms. The fourth-order valence-electron chi connectivity index (χ4n) is 2.31. The first kappa shape index (κ1) is 18.3. The highest BCUT2D eigenvalue weighted by Crippen LogP contribution is 2.28. The van der Waals surface area contributed by atoms with Crippen LogP contribution in [-0.2, 0) is 9.53 Å². The lowest BCUT2D eigenvalue weighted by molar-refractivity contribution is -0.134. The molecule has 1 aromatic carbocycles. The number of ether oxygens (including phenoxy) is 2. The van der Waals surface area contributed by atoms with Gasteiger partial charge in [0.2, 0.25) is 5.88 Å². The summed E-state index contributed by atoms with van der Waals surface area (Å²) in [6.45, 7) is 5.50. The molecular weight excluding hydrogens is 324 g/mol. The van der Waals surface area contributed by atoms with Gasteiger partial charge in [-0.2, -0.15) is 0 Å². The highest BCUT2D eigenvalue weighted by molar-refractivity contribution is 5.86. The van der Waals surface area contributed by atoms with Gasteiger partial charge in [-0.05, 0) is 42.2 Å². The number of carbonyl (C=O) groups excluding carboxylic acids is 1. The van der Waals surface area contributed by atoms with Gasteiger partial charge in [0, 0.05) is 6.08 Å². The second-order valence-electron chi connectivity index (χ2n) is 5.79. The molecule has 0 saturated carbocycles. The number of nitrogens with one attached hydrogen (secondary N) is 2. The quantitative estimate of drug-likeness (QED) is 0.641. The van der Waals surface area contributed by atoms with E-state index in [-0.39, 0.29) is 11.8 Å². The Hall–Kier alpha value is -3.09. The van der Waals surface area contributed by atoms with E-state index in [1.165, 1.54) is 13.2 Å². The Kier molecular flexibility index (Phi) is 5.59. The first-order valence-corrected chi connectivity index (χ1v) is 7.73. The lowest BCUT2D eigenvalue weighted by atomic mass is 10.1. The summed E-state index contributed by atoms with van der Waals surface area (Å²) >= 11 is 0. The fourth-order valence-corrected chi connectivity index (χ4v) is 2.31. The van der Waals surface area contributed by atoms with Gasteiger partial charge in [0.15, 0.2) is 0 Å². The minimum atomic E-state index is -0.625. The van der Waals surface area contributed by atoms with Crippen LogP contribution in [0.2, 0.25) is 0 Å². The van der Waals surface area contributed by atoms with Gasteiger partial charge in [-0.25, -0.2) is 9.59 Å². The van der Waals surface area contributed by atoms with Crippen LogP contribution in [0.25, 0.3) is 6.08 Å². The zero-order valence-electron chi connectivity index (χ0n) is 14.5. The van der Waals surface area contributed by atoms with Crippen LogP contribution in [0.1, 0.15) is 36.5 Å². The molecule has 0 amide bonds. The molecule has 7 heteroatoms. The van der Waals surface area contributed by atoms with Gasteiger partial charge >= 0.3 is 11.7 Å². The number of aryl methyl sites for hydroxylation is 1. The summed E-state index contributed by atoms with van der Waals surface area (Å²) in [5.74, 6) is 0.0573. The Balaban J connectivity index is 2.36. The standard InChI is InChI=1S/C18H20N2O5/c1-10(2)15-16(22)19-18(23)20-17(15)25-13-7-5-12(9-11(13)3)6-8-14(21)24-4/h5-10H,1-4H3,(H2,19,20,22,23)/b8-6+. The number of benzene rings is 1. The minimum absolute atomic E-state index is 0.127. The van der Waals surface area contributed by atoms with Gasteiger partial charge in [-0.1, -0.05) is 19.9 Å². The maximum atomic E-state index is 12.0. The number of esters is 1. The number of methoxy groups -OCH3 is 1. The summed E-state index contributed by atoms with van der Waals surface area (Å²) in [6.07, 6.45) is 2.94. The third-order valence-corrected chi connectivity index (χ3v) is 3.54. The minimum Gasteiger partial charge on any atom is -0.466 e. The van der Waals surface area contributed by atoms with Gasteiger partial charge in [-0.3, -0.25) is 14.8 Å². The van der Waals surface area contributed by atoms with Crippen LogP contribution in [0.15, 0.2) is 33.9 Å². The molecule has 1 aromatic heterocycles. The summed E-state index contributed by atoms with van der Waals surface area (Å²) in [6, 6.07) is 5.27. The third kappa shape index (κ3) is 4.47. The summed E-state index contributed by atoms with van der Waals surface area (Å²) < 4.78 is 10.3. The van der Waals surface area contributed by atoms with Crippen molar-refractivity contribution in [2.24, 2.45) is 0 Å². The summed E-state index contributed by atoms with van der Waals surface area (Å²) in [4.78, 5) is 39.4. The van der Waals surface area contributed by atoms with E-state index in [0.717, 1.165) is 11.1 Å². The molecule has 2 aromatic rings. The second-order valence-corrected chi connectivity index (χ2v) is 5.79. The number of rotatable bonds is 5. The van der Waals surface area contributed by atoms with Gasteiger partial charge in [0.1, 0.15) is 5.75 Å². The summed E-state index contributed by atoms with van der Waals surface area (Å²) in [7, 11) is 1.31. The molecule has 0 fully saturated rings. The Morgan fingerprint density at radius 3 is 2.52 bits per heavy atom. The highest BCUT2D eigenvalue weighted by Gasteiger charge is 2.16. The van der Waals surface area contributed by atoms with E-state index >= 15 is 0 Å². The van der Waals surface area contributed by atoms with Crippen LogP contribution in [0.5, 0.6) is 11.6 Å². The van der Waals surface area contributed by atoms with Gasteiger partial charge in [0.25, 0.3) is 5.56 Å². The topological polar surface area (TPSA) is 101 Å². The zero-order chi connectivity index (χ0) is 18.6.